The van der Waals surface area contributed by atoms with Gasteiger partial charge < -0.3 is 4.42 Å². The summed E-state index contributed by atoms with van der Waals surface area (Å²) in [6.07, 6.45) is 0. The molecular weight excluding hydrogens is 368 g/mol. The predicted molar refractivity (Wildman–Crippen MR) is 108 cm³/mol. The summed E-state index contributed by atoms with van der Waals surface area (Å²) in [7, 11) is 0. The van der Waals surface area contributed by atoms with Crippen LogP contribution >= 0.6 is 23.4 Å². The number of fused-ring (bicyclic) bond motifs is 1. The quantitative estimate of drug-likeness (QED) is 0.579. The van der Waals surface area contributed by atoms with E-state index in [1.807, 2.05) is 56.3 Å². The van der Waals surface area contributed by atoms with E-state index in [9.17, 15) is 4.79 Å². The lowest BCUT2D eigenvalue weighted by Gasteiger charge is -2.15. The lowest BCUT2D eigenvalue weighted by molar-refractivity contribution is 0.0830. The fourth-order valence-electron chi connectivity index (χ4n) is 3.00. The first-order chi connectivity index (χ1) is 12.6. The third-order valence-electron chi connectivity index (χ3n) is 4.52. The fraction of sp³-hybridized carbons (Fsp3) is 0.200. The van der Waals surface area contributed by atoms with Crippen LogP contribution in [0.3, 0.4) is 0 Å². The van der Waals surface area contributed by atoms with Crippen LogP contribution in [0.5, 0.6) is 0 Å². The number of carbonyl (C=O) groups excluding carboxylic acids is 1. The number of thioether (sulfide) groups is 1. The standard InChI is InChI=1S/C20H17ClN2O2S/c1-12-14-6-3-4-9-17(14)25-18(12)19(24)23-10-11-26-20(23)22-16-8-5-7-15(21)13(16)2/h3-9H,10-11H2,1-2H3. The van der Waals surface area contributed by atoms with Gasteiger partial charge in [-0.15, -0.1) is 0 Å². The third kappa shape index (κ3) is 2.91. The van der Waals surface area contributed by atoms with E-state index in [-0.39, 0.29) is 5.91 Å². The monoisotopic (exact) mass is 384 g/mol. The molecule has 0 spiro atoms. The Kier molecular flexibility index (Phi) is 4.51. The Morgan fingerprint density at radius 2 is 1.96 bits per heavy atom. The van der Waals surface area contributed by atoms with Gasteiger partial charge in [0.1, 0.15) is 5.58 Å². The highest BCUT2D eigenvalue weighted by molar-refractivity contribution is 8.14. The van der Waals surface area contributed by atoms with Gasteiger partial charge in [-0.05, 0) is 37.6 Å². The second-order valence-corrected chi connectivity index (χ2v) is 7.61. The van der Waals surface area contributed by atoms with Crippen LogP contribution in [0.25, 0.3) is 11.0 Å². The third-order valence-corrected chi connectivity index (χ3v) is 5.88. The maximum absolute atomic E-state index is 13.1. The van der Waals surface area contributed by atoms with E-state index in [1.54, 1.807) is 16.7 Å². The summed E-state index contributed by atoms with van der Waals surface area (Å²) < 4.78 is 5.84. The summed E-state index contributed by atoms with van der Waals surface area (Å²) in [6, 6.07) is 13.3. The number of aryl methyl sites for hydroxylation is 1. The Labute approximate surface area is 160 Å². The first-order valence-corrected chi connectivity index (χ1v) is 9.69. The zero-order chi connectivity index (χ0) is 18.3. The molecule has 1 aliphatic heterocycles. The molecule has 4 rings (SSSR count). The Morgan fingerprint density at radius 3 is 2.77 bits per heavy atom. The van der Waals surface area contributed by atoms with Gasteiger partial charge in [-0.1, -0.05) is 47.6 Å². The van der Waals surface area contributed by atoms with Gasteiger partial charge in [0.2, 0.25) is 0 Å². The van der Waals surface area contributed by atoms with E-state index in [4.69, 9.17) is 16.0 Å². The summed E-state index contributed by atoms with van der Waals surface area (Å²) in [4.78, 5) is 19.5. The zero-order valence-electron chi connectivity index (χ0n) is 14.5. The molecule has 0 saturated carbocycles. The molecular formula is C20H17ClN2O2S. The summed E-state index contributed by atoms with van der Waals surface area (Å²) in [5, 5.41) is 2.31. The molecule has 1 fully saturated rings. The number of amidine groups is 1. The molecule has 0 aliphatic carbocycles. The number of halogens is 1. The lowest BCUT2D eigenvalue weighted by Crippen LogP contribution is -2.31. The number of hydrogen-bond acceptors (Lipinski definition) is 4. The minimum atomic E-state index is -0.151. The van der Waals surface area contributed by atoms with Crippen LogP contribution in [0.4, 0.5) is 5.69 Å². The van der Waals surface area contributed by atoms with E-state index in [1.165, 1.54) is 0 Å². The molecule has 0 atom stereocenters. The van der Waals surface area contributed by atoms with Gasteiger partial charge in [-0.25, -0.2) is 4.99 Å². The predicted octanol–water partition coefficient (Wildman–Crippen LogP) is 5.58. The summed E-state index contributed by atoms with van der Waals surface area (Å²) >= 11 is 7.75. The van der Waals surface area contributed by atoms with Crippen molar-refractivity contribution in [2.24, 2.45) is 4.99 Å². The van der Waals surface area contributed by atoms with E-state index in [0.29, 0.717) is 22.5 Å². The van der Waals surface area contributed by atoms with E-state index >= 15 is 0 Å². The molecule has 1 amide bonds. The highest BCUT2D eigenvalue weighted by atomic mass is 35.5. The van der Waals surface area contributed by atoms with Crippen molar-refractivity contribution in [3.63, 3.8) is 0 Å². The molecule has 0 bridgehead atoms. The van der Waals surface area contributed by atoms with Crippen LogP contribution in [0.15, 0.2) is 51.9 Å². The van der Waals surface area contributed by atoms with Crippen LogP contribution in [-0.4, -0.2) is 28.3 Å². The first kappa shape index (κ1) is 17.2. The molecule has 1 saturated heterocycles. The van der Waals surface area contributed by atoms with Gasteiger partial charge in [0, 0.05) is 28.3 Å². The molecule has 0 N–H and O–H groups in total. The van der Waals surface area contributed by atoms with Crippen molar-refractivity contribution in [3.05, 3.63) is 64.4 Å². The number of amides is 1. The topological polar surface area (TPSA) is 45.8 Å². The average Bonchev–Trinajstić information content (AvgIpc) is 3.23. The normalized spacial score (nSPS) is 16.0. The maximum Gasteiger partial charge on any atom is 0.295 e. The number of aliphatic imine (C=N–C) groups is 1. The van der Waals surface area contributed by atoms with Gasteiger partial charge in [0.25, 0.3) is 5.91 Å². The van der Waals surface area contributed by atoms with Crippen molar-refractivity contribution in [3.8, 4) is 0 Å². The van der Waals surface area contributed by atoms with Crippen LogP contribution in [0, 0.1) is 13.8 Å². The maximum atomic E-state index is 13.1. The van der Waals surface area contributed by atoms with Crippen LogP contribution in [-0.2, 0) is 0 Å². The molecule has 2 aromatic carbocycles. The Morgan fingerprint density at radius 1 is 1.15 bits per heavy atom. The van der Waals surface area contributed by atoms with Gasteiger partial charge in [-0.2, -0.15) is 0 Å². The molecule has 132 valence electrons. The smallest absolute Gasteiger partial charge is 0.295 e. The average molecular weight is 385 g/mol. The fourth-order valence-corrected chi connectivity index (χ4v) is 4.12. The Bertz CT molecular complexity index is 1040. The molecule has 6 heteroatoms. The van der Waals surface area contributed by atoms with Crippen LogP contribution < -0.4 is 0 Å². The molecule has 3 aromatic rings. The molecule has 1 aromatic heterocycles. The van der Waals surface area contributed by atoms with Crippen molar-refractivity contribution < 1.29 is 9.21 Å². The minimum Gasteiger partial charge on any atom is -0.451 e. The summed E-state index contributed by atoms with van der Waals surface area (Å²) in [5.74, 6) is 1.04. The number of benzene rings is 2. The molecule has 4 nitrogen and oxygen atoms in total. The highest BCUT2D eigenvalue weighted by Gasteiger charge is 2.30. The van der Waals surface area contributed by atoms with Gasteiger partial charge in [0.05, 0.1) is 5.69 Å². The number of carbonyl (C=O) groups is 1. The van der Waals surface area contributed by atoms with E-state index in [0.717, 1.165) is 33.5 Å². The van der Waals surface area contributed by atoms with E-state index in [2.05, 4.69) is 4.99 Å². The molecule has 0 unspecified atom stereocenters. The highest BCUT2D eigenvalue weighted by Crippen LogP contribution is 2.31. The van der Waals surface area contributed by atoms with Crippen LogP contribution in [0.1, 0.15) is 21.7 Å². The summed E-state index contributed by atoms with van der Waals surface area (Å²) in [6.45, 7) is 4.45. The molecule has 2 heterocycles. The lowest BCUT2D eigenvalue weighted by atomic mass is 10.1. The van der Waals surface area contributed by atoms with Crippen molar-refractivity contribution >= 4 is 51.1 Å². The first-order valence-electron chi connectivity index (χ1n) is 8.33. The SMILES string of the molecule is Cc1c(Cl)cccc1N=C1SCCN1C(=O)c1oc2ccccc2c1C. The number of hydrogen-bond donors (Lipinski definition) is 0. The molecule has 26 heavy (non-hydrogen) atoms. The van der Waals surface area contributed by atoms with E-state index < -0.39 is 0 Å². The van der Waals surface area contributed by atoms with Gasteiger partial charge >= 0.3 is 0 Å². The molecule has 1 aliphatic rings. The van der Waals surface area contributed by atoms with Crippen molar-refractivity contribution in [1.29, 1.82) is 0 Å². The second-order valence-electron chi connectivity index (χ2n) is 6.14. The number of para-hydroxylation sites is 1. The van der Waals surface area contributed by atoms with Crippen LogP contribution in [0.2, 0.25) is 5.02 Å². The Hall–Kier alpha value is -2.24. The number of rotatable bonds is 2. The number of furan rings is 1. The van der Waals surface area contributed by atoms with Gasteiger partial charge in [0.15, 0.2) is 10.9 Å². The zero-order valence-corrected chi connectivity index (χ0v) is 16.0. The Balaban J connectivity index is 1.71. The van der Waals surface area contributed by atoms with Gasteiger partial charge in [-0.3, -0.25) is 9.69 Å². The van der Waals surface area contributed by atoms with Crippen molar-refractivity contribution in [2.75, 3.05) is 12.3 Å². The summed E-state index contributed by atoms with van der Waals surface area (Å²) in [5.41, 5.74) is 3.27. The largest absolute Gasteiger partial charge is 0.451 e. The van der Waals surface area contributed by atoms with Crippen molar-refractivity contribution in [2.45, 2.75) is 13.8 Å². The number of nitrogens with zero attached hydrogens (tertiary/aromatic N) is 2. The van der Waals surface area contributed by atoms with Crippen molar-refractivity contribution in [1.82, 2.24) is 4.90 Å². The second kappa shape index (κ2) is 6.82. The minimum absolute atomic E-state index is 0.151. The molecule has 0 radical (unpaired) electrons.